The van der Waals surface area contributed by atoms with Gasteiger partial charge in [0, 0.05) is 28.5 Å². The standard InChI is InChI=1S/C19H20N2O6/c1-19(2,3)15-8-17(27-21-15)20-16(23)10-26-18(24)6-11-9-25-14-7-12(22)4-5-13(11)14/h4-5,7-9,22H,6,10H2,1-3H3,(H,20,23). The minimum Gasteiger partial charge on any atom is -0.508 e. The molecule has 2 heterocycles. The molecule has 8 nitrogen and oxygen atoms in total. The lowest BCUT2D eigenvalue weighted by Gasteiger charge is -2.12. The van der Waals surface area contributed by atoms with Gasteiger partial charge in [0.2, 0.25) is 5.88 Å². The van der Waals surface area contributed by atoms with Crippen molar-refractivity contribution in [3.05, 3.63) is 41.8 Å². The molecule has 2 aromatic heterocycles. The molecule has 3 aromatic rings. The van der Waals surface area contributed by atoms with E-state index in [1.807, 2.05) is 20.8 Å². The summed E-state index contributed by atoms with van der Waals surface area (Å²) in [7, 11) is 0. The van der Waals surface area contributed by atoms with Crippen LogP contribution in [0, 0.1) is 0 Å². The molecule has 0 saturated heterocycles. The first kappa shape index (κ1) is 18.5. The lowest BCUT2D eigenvalue weighted by molar-refractivity contribution is -0.146. The monoisotopic (exact) mass is 372 g/mol. The lowest BCUT2D eigenvalue weighted by Crippen LogP contribution is -2.21. The number of nitrogens with zero attached hydrogens (tertiary/aromatic N) is 1. The van der Waals surface area contributed by atoms with Gasteiger partial charge in [-0.3, -0.25) is 14.9 Å². The topological polar surface area (TPSA) is 115 Å². The van der Waals surface area contributed by atoms with E-state index in [0.717, 1.165) is 0 Å². The second-order valence-corrected chi connectivity index (χ2v) is 7.15. The van der Waals surface area contributed by atoms with Crippen molar-refractivity contribution in [3.8, 4) is 5.75 Å². The Bertz CT molecular complexity index is 980. The normalized spacial score (nSPS) is 11.5. The van der Waals surface area contributed by atoms with Gasteiger partial charge < -0.3 is 18.8 Å². The Kier molecular flexibility index (Phi) is 4.89. The fraction of sp³-hybridized carbons (Fsp3) is 0.316. The van der Waals surface area contributed by atoms with Crippen LogP contribution in [0.5, 0.6) is 5.75 Å². The van der Waals surface area contributed by atoms with E-state index < -0.39 is 18.5 Å². The number of nitrogens with one attached hydrogen (secondary N) is 1. The average Bonchev–Trinajstić information content (AvgIpc) is 3.20. The summed E-state index contributed by atoms with van der Waals surface area (Å²) >= 11 is 0. The van der Waals surface area contributed by atoms with Gasteiger partial charge in [0.25, 0.3) is 5.91 Å². The van der Waals surface area contributed by atoms with Gasteiger partial charge in [0.1, 0.15) is 11.3 Å². The van der Waals surface area contributed by atoms with Crippen LogP contribution in [0.3, 0.4) is 0 Å². The third kappa shape index (κ3) is 4.46. The van der Waals surface area contributed by atoms with Crippen molar-refractivity contribution in [1.82, 2.24) is 5.16 Å². The van der Waals surface area contributed by atoms with Crippen molar-refractivity contribution in [1.29, 1.82) is 0 Å². The maximum atomic E-state index is 12.0. The summed E-state index contributed by atoms with van der Waals surface area (Å²) in [5.41, 5.74) is 1.58. The number of ether oxygens (including phenoxy) is 1. The molecule has 0 bridgehead atoms. The summed E-state index contributed by atoms with van der Waals surface area (Å²) in [6.07, 6.45) is 1.37. The maximum absolute atomic E-state index is 12.0. The molecule has 0 aliphatic carbocycles. The zero-order chi connectivity index (χ0) is 19.6. The lowest BCUT2D eigenvalue weighted by atomic mass is 9.92. The number of hydrogen-bond donors (Lipinski definition) is 2. The van der Waals surface area contributed by atoms with Gasteiger partial charge in [-0.25, -0.2) is 0 Å². The number of aromatic nitrogens is 1. The van der Waals surface area contributed by atoms with Crippen molar-refractivity contribution in [2.45, 2.75) is 32.6 Å². The first-order valence-electron chi connectivity index (χ1n) is 8.34. The van der Waals surface area contributed by atoms with Crippen molar-refractivity contribution in [3.63, 3.8) is 0 Å². The Hall–Kier alpha value is -3.29. The van der Waals surface area contributed by atoms with Crippen LogP contribution in [0.4, 0.5) is 5.88 Å². The molecule has 0 aliphatic heterocycles. The first-order valence-corrected chi connectivity index (χ1v) is 8.34. The Morgan fingerprint density at radius 3 is 2.74 bits per heavy atom. The van der Waals surface area contributed by atoms with Crippen molar-refractivity contribution in [2.24, 2.45) is 0 Å². The predicted octanol–water partition coefficient (Wildman–Crippen LogP) is 3.15. The minimum atomic E-state index is -0.575. The number of carbonyl (C=O) groups excluding carboxylic acids is 2. The highest BCUT2D eigenvalue weighted by molar-refractivity contribution is 5.92. The van der Waals surface area contributed by atoms with Crippen molar-refractivity contribution >= 4 is 28.7 Å². The number of rotatable bonds is 5. The van der Waals surface area contributed by atoms with Crippen LogP contribution >= 0.6 is 0 Å². The third-order valence-corrected chi connectivity index (χ3v) is 3.88. The number of esters is 1. The molecule has 8 heteroatoms. The second kappa shape index (κ2) is 7.14. The summed E-state index contributed by atoms with van der Waals surface area (Å²) < 4.78 is 15.3. The zero-order valence-electron chi connectivity index (χ0n) is 15.2. The van der Waals surface area contributed by atoms with Crippen LogP contribution < -0.4 is 5.32 Å². The highest BCUT2D eigenvalue weighted by Gasteiger charge is 2.20. The van der Waals surface area contributed by atoms with E-state index >= 15 is 0 Å². The molecule has 142 valence electrons. The summed E-state index contributed by atoms with van der Waals surface area (Å²) in [6.45, 7) is 5.47. The molecule has 27 heavy (non-hydrogen) atoms. The number of amides is 1. The molecule has 2 N–H and O–H groups in total. The molecule has 1 amide bonds. The summed E-state index contributed by atoms with van der Waals surface area (Å²) in [4.78, 5) is 23.9. The van der Waals surface area contributed by atoms with Crippen LogP contribution in [0.1, 0.15) is 32.0 Å². The highest BCUT2D eigenvalue weighted by Crippen LogP contribution is 2.26. The molecule has 0 saturated carbocycles. The van der Waals surface area contributed by atoms with E-state index in [1.165, 1.54) is 18.4 Å². The Balaban J connectivity index is 1.52. The molecular formula is C19H20N2O6. The summed E-state index contributed by atoms with van der Waals surface area (Å²) in [5.74, 6) is -0.831. The molecule has 0 aliphatic rings. The highest BCUT2D eigenvalue weighted by atomic mass is 16.5. The summed E-state index contributed by atoms with van der Waals surface area (Å²) in [6, 6.07) is 6.25. The molecule has 1 aromatic carbocycles. The largest absolute Gasteiger partial charge is 0.508 e. The SMILES string of the molecule is CC(C)(C)c1cc(NC(=O)COC(=O)Cc2coc3cc(O)ccc23)on1. The van der Waals surface area contributed by atoms with E-state index in [4.69, 9.17) is 13.7 Å². The number of furan rings is 1. The van der Waals surface area contributed by atoms with E-state index in [1.54, 1.807) is 12.1 Å². The van der Waals surface area contributed by atoms with Crippen LogP contribution in [0.15, 0.2) is 39.5 Å². The summed E-state index contributed by atoms with van der Waals surface area (Å²) in [5, 5.41) is 16.5. The fourth-order valence-corrected chi connectivity index (χ4v) is 2.42. The number of hydrogen-bond acceptors (Lipinski definition) is 7. The van der Waals surface area contributed by atoms with Crippen molar-refractivity contribution < 1.29 is 28.4 Å². The number of benzene rings is 1. The third-order valence-electron chi connectivity index (χ3n) is 3.88. The Morgan fingerprint density at radius 1 is 1.26 bits per heavy atom. The Morgan fingerprint density at radius 2 is 2.04 bits per heavy atom. The van der Waals surface area contributed by atoms with E-state index in [-0.39, 0.29) is 23.5 Å². The van der Waals surface area contributed by atoms with Gasteiger partial charge in [0.05, 0.1) is 18.4 Å². The molecular weight excluding hydrogens is 352 g/mol. The molecule has 0 spiro atoms. The number of fused-ring (bicyclic) bond motifs is 1. The molecule has 0 radical (unpaired) electrons. The molecule has 0 fully saturated rings. The van der Waals surface area contributed by atoms with Crippen LogP contribution in [0.2, 0.25) is 0 Å². The molecule has 0 unspecified atom stereocenters. The fourth-order valence-electron chi connectivity index (χ4n) is 2.42. The second-order valence-electron chi connectivity index (χ2n) is 7.15. The van der Waals surface area contributed by atoms with E-state index in [9.17, 15) is 14.7 Å². The minimum absolute atomic E-state index is 0.0540. The number of phenols is 1. The molecule has 0 atom stereocenters. The van der Waals surface area contributed by atoms with Gasteiger partial charge in [-0.05, 0) is 12.1 Å². The quantitative estimate of drug-likeness (QED) is 0.661. The van der Waals surface area contributed by atoms with Crippen LogP contribution in [-0.2, 0) is 26.2 Å². The smallest absolute Gasteiger partial charge is 0.310 e. The Labute approximate surface area is 155 Å². The number of phenolic OH excluding ortho intramolecular Hbond substituents is 1. The van der Waals surface area contributed by atoms with Gasteiger partial charge in [-0.2, -0.15) is 0 Å². The van der Waals surface area contributed by atoms with Gasteiger partial charge in [0.15, 0.2) is 6.61 Å². The average molecular weight is 372 g/mol. The predicted molar refractivity (Wildman–Crippen MR) is 96.4 cm³/mol. The zero-order valence-corrected chi connectivity index (χ0v) is 15.2. The van der Waals surface area contributed by atoms with Crippen LogP contribution in [-0.4, -0.2) is 28.7 Å². The number of anilines is 1. The van der Waals surface area contributed by atoms with Gasteiger partial charge in [-0.15, -0.1) is 0 Å². The maximum Gasteiger partial charge on any atom is 0.310 e. The van der Waals surface area contributed by atoms with Gasteiger partial charge >= 0.3 is 5.97 Å². The van der Waals surface area contributed by atoms with E-state index in [0.29, 0.717) is 22.2 Å². The number of aromatic hydroxyl groups is 1. The van der Waals surface area contributed by atoms with Gasteiger partial charge in [-0.1, -0.05) is 25.9 Å². The first-order chi connectivity index (χ1) is 12.7. The van der Waals surface area contributed by atoms with Crippen molar-refractivity contribution in [2.75, 3.05) is 11.9 Å². The number of carbonyl (C=O) groups is 2. The van der Waals surface area contributed by atoms with Crippen LogP contribution in [0.25, 0.3) is 11.0 Å². The molecule has 3 rings (SSSR count). The van der Waals surface area contributed by atoms with E-state index in [2.05, 4.69) is 10.5 Å².